The standard InChI is InChI=1S/C26H25ClN4O/c1-26(17-19-7-3-2-4-8-19,25(32)30-15-5-6-16-30)23-13-14-28-24-22(18-29-31(23)24)20-9-11-21(27)12-10-20/h2-4,7-14,18H,5-6,15-17H2,1H3. The maximum atomic E-state index is 13.9. The minimum atomic E-state index is -0.768. The van der Waals surface area contributed by atoms with Crippen LogP contribution in [0.15, 0.2) is 73.1 Å². The largest absolute Gasteiger partial charge is 0.342 e. The van der Waals surface area contributed by atoms with Crippen LogP contribution in [-0.4, -0.2) is 38.5 Å². The summed E-state index contributed by atoms with van der Waals surface area (Å²) in [6.07, 6.45) is 6.31. The van der Waals surface area contributed by atoms with Crippen molar-refractivity contribution in [2.75, 3.05) is 13.1 Å². The predicted octanol–water partition coefficient (Wildman–Crippen LogP) is 5.17. The maximum absolute atomic E-state index is 13.9. The van der Waals surface area contributed by atoms with Gasteiger partial charge in [0.1, 0.15) is 0 Å². The van der Waals surface area contributed by atoms with Crippen LogP contribution in [0.25, 0.3) is 16.8 Å². The van der Waals surface area contributed by atoms with Gasteiger partial charge in [-0.1, -0.05) is 54.1 Å². The molecule has 1 unspecified atom stereocenters. The van der Waals surface area contributed by atoms with E-state index in [-0.39, 0.29) is 5.91 Å². The maximum Gasteiger partial charge on any atom is 0.234 e. The Morgan fingerprint density at radius 3 is 2.47 bits per heavy atom. The Balaban J connectivity index is 1.64. The molecule has 2 aromatic heterocycles. The zero-order valence-electron chi connectivity index (χ0n) is 18.0. The van der Waals surface area contributed by atoms with E-state index in [0.29, 0.717) is 11.4 Å². The third-order valence-corrected chi connectivity index (χ3v) is 6.64. The van der Waals surface area contributed by atoms with E-state index < -0.39 is 5.41 Å². The van der Waals surface area contributed by atoms with Crippen molar-refractivity contribution >= 4 is 23.2 Å². The monoisotopic (exact) mass is 444 g/mol. The van der Waals surface area contributed by atoms with Gasteiger partial charge in [-0.3, -0.25) is 4.79 Å². The highest BCUT2D eigenvalue weighted by Crippen LogP contribution is 2.34. The first kappa shape index (κ1) is 20.7. The summed E-state index contributed by atoms with van der Waals surface area (Å²) in [6.45, 7) is 3.66. The van der Waals surface area contributed by atoms with Crippen LogP contribution in [0.3, 0.4) is 0 Å². The number of carbonyl (C=O) groups excluding carboxylic acids is 1. The van der Waals surface area contributed by atoms with Crippen molar-refractivity contribution in [3.8, 4) is 11.1 Å². The number of carbonyl (C=O) groups is 1. The third-order valence-electron chi connectivity index (χ3n) is 6.39. The fraction of sp³-hybridized carbons (Fsp3) is 0.269. The van der Waals surface area contributed by atoms with Crippen LogP contribution in [-0.2, 0) is 16.6 Å². The highest BCUT2D eigenvalue weighted by molar-refractivity contribution is 6.30. The van der Waals surface area contributed by atoms with Gasteiger partial charge in [0.2, 0.25) is 5.91 Å². The highest BCUT2D eigenvalue weighted by atomic mass is 35.5. The van der Waals surface area contributed by atoms with Crippen LogP contribution in [0, 0.1) is 0 Å². The van der Waals surface area contributed by atoms with Crippen LogP contribution in [0.2, 0.25) is 5.02 Å². The van der Waals surface area contributed by atoms with Crippen molar-refractivity contribution in [2.45, 2.75) is 31.6 Å². The molecule has 1 amide bonds. The van der Waals surface area contributed by atoms with E-state index in [4.69, 9.17) is 11.6 Å². The molecule has 1 fully saturated rings. The van der Waals surface area contributed by atoms with E-state index in [9.17, 15) is 4.79 Å². The van der Waals surface area contributed by atoms with Crippen LogP contribution in [0.4, 0.5) is 0 Å². The molecule has 6 heteroatoms. The number of likely N-dealkylation sites (tertiary alicyclic amines) is 1. The topological polar surface area (TPSA) is 50.5 Å². The molecule has 2 aromatic carbocycles. The minimum absolute atomic E-state index is 0.148. The number of halogens is 1. The van der Waals surface area contributed by atoms with Gasteiger partial charge in [0.05, 0.1) is 17.3 Å². The van der Waals surface area contributed by atoms with Crippen molar-refractivity contribution in [3.05, 3.63) is 89.3 Å². The molecular weight excluding hydrogens is 420 g/mol. The van der Waals surface area contributed by atoms with E-state index in [0.717, 1.165) is 54.0 Å². The summed E-state index contributed by atoms with van der Waals surface area (Å²) in [5, 5.41) is 5.37. The Kier molecular flexibility index (Phi) is 5.43. The molecule has 3 heterocycles. The first-order chi connectivity index (χ1) is 15.6. The van der Waals surface area contributed by atoms with Crippen LogP contribution in [0.5, 0.6) is 0 Å². The first-order valence-electron chi connectivity index (χ1n) is 11.0. The molecule has 32 heavy (non-hydrogen) atoms. The zero-order chi connectivity index (χ0) is 22.1. The number of hydrogen-bond acceptors (Lipinski definition) is 3. The van der Waals surface area contributed by atoms with E-state index in [1.165, 1.54) is 0 Å². The summed E-state index contributed by atoms with van der Waals surface area (Å²) in [5.74, 6) is 0.148. The summed E-state index contributed by atoms with van der Waals surface area (Å²) in [6, 6.07) is 19.8. The summed E-state index contributed by atoms with van der Waals surface area (Å²) in [4.78, 5) is 20.5. The molecule has 0 radical (unpaired) electrons. The number of aromatic nitrogens is 3. The van der Waals surface area contributed by atoms with Gasteiger partial charge in [0, 0.05) is 29.9 Å². The molecule has 1 aliphatic rings. The van der Waals surface area contributed by atoms with Gasteiger partial charge in [0.25, 0.3) is 0 Å². The van der Waals surface area contributed by atoms with Gasteiger partial charge >= 0.3 is 0 Å². The second-order valence-electron chi connectivity index (χ2n) is 8.62. The Labute approximate surface area is 192 Å². The molecule has 0 spiro atoms. The average Bonchev–Trinajstić information content (AvgIpc) is 3.50. The van der Waals surface area contributed by atoms with Crippen molar-refractivity contribution in [1.82, 2.24) is 19.5 Å². The van der Waals surface area contributed by atoms with Gasteiger partial charge < -0.3 is 4.90 Å². The fourth-order valence-corrected chi connectivity index (χ4v) is 4.82. The first-order valence-corrected chi connectivity index (χ1v) is 11.4. The zero-order valence-corrected chi connectivity index (χ0v) is 18.8. The Morgan fingerprint density at radius 1 is 1.03 bits per heavy atom. The second-order valence-corrected chi connectivity index (χ2v) is 9.06. The normalized spacial score (nSPS) is 15.8. The summed E-state index contributed by atoms with van der Waals surface area (Å²) >= 11 is 6.07. The molecule has 5 nitrogen and oxygen atoms in total. The molecule has 5 rings (SSSR count). The number of hydrogen-bond donors (Lipinski definition) is 0. The van der Waals surface area contributed by atoms with Crippen molar-refractivity contribution < 1.29 is 4.79 Å². The molecule has 0 bridgehead atoms. The van der Waals surface area contributed by atoms with Crippen molar-refractivity contribution in [1.29, 1.82) is 0 Å². The average molecular weight is 445 g/mol. The van der Waals surface area contributed by atoms with Crippen LogP contribution >= 0.6 is 11.6 Å². The van der Waals surface area contributed by atoms with Crippen LogP contribution < -0.4 is 0 Å². The van der Waals surface area contributed by atoms with E-state index in [1.807, 2.05) is 71.1 Å². The molecule has 1 atom stereocenters. The number of fused-ring (bicyclic) bond motifs is 1. The van der Waals surface area contributed by atoms with Crippen molar-refractivity contribution in [2.24, 2.45) is 0 Å². The lowest BCUT2D eigenvalue weighted by atomic mass is 9.78. The lowest BCUT2D eigenvalue weighted by molar-refractivity contribution is -0.136. The van der Waals surface area contributed by atoms with Gasteiger partial charge in [-0.25, -0.2) is 9.50 Å². The summed E-state index contributed by atoms with van der Waals surface area (Å²) < 4.78 is 1.83. The Morgan fingerprint density at radius 2 is 1.75 bits per heavy atom. The lowest BCUT2D eigenvalue weighted by Crippen LogP contribution is -2.46. The molecular formula is C26H25ClN4O. The Hall–Kier alpha value is -3.18. The lowest BCUT2D eigenvalue weighted by Gasteiger charge is -2.33. The minimum Gasteiger partial charge on any atom is -0.342 e. The predicted molar refractivity (Wildman–Crippen MR) is 127 cm³/mol. The SMILES string of the molecule is CC(Cc1ccccc1)(C(=O)N1CCCC1)c1ccnc2c(-c3ccc(Cl)cc3)cnn12. The van der Waals surface area contributed by atoms with Gasteiger partial charge in [-0.15, -0.1) is 0 Å². The third kappa shape index (κ3) is 3.67. The number of nitrogens with zero attached hydrogens (tertiary/aromatic N) is 4. The van der Waals surface area contributed by atoms with Gasteiger partial charge in [0.15, 0.2) is 5.65 Å². The quantitative estimate of drug-likeness (QED) is 0.426. The molecule has 0 N–H and O–H groups in total. The Bertz CT molecular complexity index is 1250. The second kappa shape index (κ2) is 8.40. The highest BCUT2D eigenvalue weighted by Gasteiger charge is 2.41. The van der Waals surface area contributed by atoms with E-state index in [2.05, 4.69) is 22.2 Å². The molecule has 162 valence electrons. The molecule has 0 saturated carbocycles. The fourth-order valence-electron chi connectivity index (χ4n) is 4.69. The van der Waals surface area contributed by atoms with E-state index >= 15 is 0 Å². The number of rotatable bonds is 5. The smallest absolute Gasteiger partial charge is 0.234 e. The molecule has 4 aromatic rings. The number of amides is 1. The number of benzene rings is 2. The molecule has 1 saturated heterocycles. The van der Waals surface area contributed by atoms with Crippen LogP contribution in [0.1, 0.15) is 31.0 Å². The van der Waals surface area contributed by atoms with E-state index in [1.54, 1.807) is 6.20 Å². The van der Waals surface area contributed by atoms with Gasteiger partial charge in [-0.2, -0.15) is 5.10 Å². The summed E-state index contributed by atoms with van der Waals surface area (Å²) in [7, 11) is 0. The van der Waals surface area contributed by atoms with Crippen molar-refractivity contribution in [3.63, 3.8) is 0 Å². The van der Waals surface area contributed by atoms with Gasteiger partial charge in [-0.05, 0) is 55.5 Å². The summed E-state index contributed by atoms with van der Waals surface area (Å²) in [5.41, 5.74) is 3.85. The molecule has 1 aliphatic heterocycles. The molecule has 0 aliphatic carbocycles.